The molecule has 1 atom stereocenters. The normalized spacial score (nSPS) is 20.8. The van der Waals surface area contributed by atoms with Crippen molar-refractivity contribution in [1.82, 2.24) is 0 Å². The van der Waals surface area contributed by atoms with Crippen molar-refractivity contribution in [2.45, 2.75) is 13.0 Å². The van der Waals surface area contributed by atoms with E-state index in [9.17, 15) is 4.79 Å². The summed E-state index contributed by atoms with van der Waals surface area (Å²) in [4.78, 5) is 11.2. The van der Waals surface area contributed by atoms with Crippen molar-refractivity contribution < 1.29 is 4.79 Å². The molecule has 12 heavy (non-hydrogen) atoms. The van der Waals surface area contributed by atoms with Gasteiger partial charge in [-0.25, -0.2) is 0 Å². The minimum Gasteiger partial charge on any atom is -0.372 e. The van der Waals surface area contributed by atoms with Crippen molar-refractivity contribution >= 4 is 17.3 Å². The fourth-order valence-corrected chi connectivity index (χ4v) is 1.26. The molecule has 0 radical (unpaired) electrons. The average molecular weight is 162 g/mol. The monoisotopic (exact) mass is 162 g/mol. The molecule has 1 amide bonds. The molecule has 0 bridgehead atoms. The van der Waals surface area contributed by atoms with E-state index < -0.39 is 0 Å². The minimum atomic E-state index is -0.139. The van der Waals surface area contributed by atoms with E-state index >= 15 is 0 Å². The van der Waals surface area contributed by atoms with Crippen molar-refractivity contribution in [2.75, 3.05) is 10.6 Å². The Morgan fingerprint density at radius 3 is 2.67 bits per heavy atom. The summed E-state index contributed by atoms with van der Waals surface area (Å²) in [5.41, 5.74) is 1.85. The van der Waals surface area contributed by atoms with Gasteiger partial charge in [-0.2, -0.15) is 0 Å². The van der Waals surface area contributed by atoms with Crippen LogP contribution >= 0.6 is 0 Å². The van der Waals surface area contributed by atoms with E-state index in [4.69, 9.17) is 0 Å². The Balaban J connectivity index is 2.40. The van der Waals surface area contributed by atoms with Crippen LogP contribution in [0.25, 0.3) is 0 Å². The number of carbonyl (C=O) groups excluding carboxylic acids is 1. The summed E-state index contributed by atoms with van der Waals surface area (Å²) in [6.07, 6.45) is 0. The van der Waals surface area contributed by atoms with Crippen LogP contribution in [0, 0.1) is 0 Å². The van der Waals surface area contributed by atoms with Crippen LogP contribution in [0.1, 0.15) is 6.92 Å². The predicted octanol–water partition coefficient (Wildman–Crippen LogP) is 1.44. The van der Waals surface area contributed by atoms with Gasteiger partial charge >= 0.3 is 0 Å². The lowest BCUT2D eigenvalue weighted by molar-refractivity contribution is -0.116. The van der Waals surface area contributed by atoms with Gasteiger partial charge in [-0.05, 0) is 19.1 Å². The van der Waals surface area contributed by atoms with Crippen molar-refractivity contribution in [2.24, 2.45) is 0 Å². The maximum absolute atomic E-state index is 11.2. The van der Waals surface area contributed by atoms with Gasteiger partial charge in [0.2, 0.25) is 5.91 Å². The predicted molar refractivity (Wildman–Crippen MR) is 48.2 cm³/mol. The van der Waals surface area contributed by atoms with E-state index in [-0.39, 0.29) is 11.9 Å². The van der Waals surface area contributed by atoms with Crippen LogP contribution in [0.15, 0.2) is 24.3 Å². The van der Waals surface area contributed by atoms with Crippen LogP contribution in [0.2, 0.25) is 0 Å². The second-order valence-electron chi connectivity index (χ2n) is 2.90. The first-order valence-electron chi connectivity index (χ1n) is 3.94. The number of hydrogen-bond donors (Lipinski definition) is 2. The highest BCUT2D eigenvalue weighted by molar-refractivity contribution is 6.02. The van der Waals surface area contributed by atoms with Gasteiger partial charge in [-0.1, -0.05) is 12.1 Å². The van der Waals surface area contributed by atoms with Crippen molar-refractivity contribution in [3.8, 4) is 0 Å². The summed E-state index contributed by atoms with van der Waals surface area (Å²) >= 11 is 0. The third-order valence-electron chi connectivity index (χ3n) is 1.95. The molecule has 1 aliphatic rings. The second-order valence-corrected chi connectivity index (χ2v) is 2.90. The molecule has 1 aromatic carbocycles. The Morgan fingerprint density at radius 2 is 1.92 bits per heavy atom. The number of carbonyl (C=O) groups is 1. The maximum Gasteiger partial charge on any atom is 0.246 e. The van der Waals surface area contributed by atoms with Gasteiger partial charge in [0.15, 0.2) is 0 Å². The van der Waals surface area contributed by atoms with Crippen molar-refractivity contribution in [3.05, 3.63) is 24.3 Å². The largest absolute Gasteiger partial charge is 0.372 e. The topological polar surface area (TPSA) is 41.1 Å². The zero-order chi connectivity index (χ0) is 8.55. The van der Waals surface area contributed by atoms with E-state index in [0.717, 1.165) is 11.4 Å². The number of benzene rings is 1. The molecule has 0 fully saturated rings. The molecule has 2 N–H and O–H groups in total. The summed E-state index contributed by atoms with van der Waals surface area (Å²) in [5, 5.41) is 5.91. The van der Waals surface area contributed by atoms with Gasteiger partial charge < -0.3 is 10.6 Å². The Hall–Kier alpha value is -1.51. The Labute approximate surface area is 70.8 Å². The Bertz CT molecular complexity index is 322. The average Bonchev–Trinajstić information content (AvgIpc) is 2.07. The highest BCUT2D eigenvalue weighted by Crippen LogP contribution is 2.25. The molecular formula is C9H10N2O. The summed E-state index contributed by atoms with van der Waals surface area (Å²) in [5.74, 6) is 0.0219. The minimum absolute atomic E-state index is 0.0219. The van der Waals surface area contributed by atoms with Crippen LogP contribution in [-0.2, 0) is 4.79 Å². The lowest BCUT2D eigenvalue weighted by Crippen LogP contribution is -2.36. The molecule has 2 rings (SSSR count). The van der Waals surface area contributed by atoms with Gasteiger partial charge in [0.1, 0.15) is 6.04 Å². The van der Waals surface area contributed by atoms with Gasteiger partial charge in [0, 0.05) is 0 Å². The smallest absolute Gasteiger partial charge is 0.246 e. The lowest BCUT2D eigenvalue weighted by Gasteiger charge is -2.23. The summed E-state index contributed by atoms with van der Waals surface area (Å²) in [7, 11) is 0. The summed E-state index contributed by atoms with van der Waals surface area (Å²) in [6.45, 7) is 1.84. The van der Waals surface area contributed by atoms with Gasteiger partial charge in [-0.15, -0.1) is 0 Å². The zero-order valence-corrected chi connectivity index (χ0v) is 6.79. The maximum atomic E-state index is 11.2. The van der Waals surface area contributed by atoms with E-state index in [1.165, 1.54) is 0 Å². The van der Waals surface area contributed by atoms with Crippen molar-refractivity contribution in [1.29, 1.82) is 0 Å². The first-order chi connectivity index (χ1) is 5.77. The van der Waals surface area contributed by atoms with Crippen LogP contribution in [0.4, 0.5) is 11.4 Å². The fraction of sp³-hybridized carbons (Fsp3) is 0.222. The summed E-state index contributed by atoms with van der Waals surface area (Å²) in [6, 6.07) is 7.53. The number of amides is 1. The Morgan fingerprint density at radius 1 is 1.25 bits per heavy atom. The molecule has 0 spiro atoms. The van der Waals surface area contributed by atoms with Crippen LogP contribution in [0.5, 0.6) is 0 Å². The quantitative estimate of drug-likeness (QED) is 0.606. The molecule has 0 saturated heterocycles. The number of hydrogen-bond acceptors (Lipinski definition) is 2. The number of para-hydroxylation sites is 2. The highest BCUT2D eigenvalue weighted by atomic mass is 16.2. The molecule has 0 aliphatic carbocycles. The molecule has 0 saturated carbocycles. The van der Waals surface area contributed by atoms with Crippen LogP contribution < -0.4 is 10.6 Å². The SMILES string of the molecule is C[C@@H]1Nc2ccccc2NC1=O. The standard InChI is InChI=1S/C9H10N2O/c1-6-9(12)11-8-5-3-2-4-7(8)10-6/h2-6,10H,1H3,(H,11,12)/t6-/m0/s1. The number of fused-ring (bicyclic) bond motifs is 1. The van der Waals surface area contributed by atoms with Gasteiger partial charge in [-0.3, -0.25) is 4.79 Å². The molecule has 3 heteroatoms. The summed E-state index contributed by atoms with van der Waals surface area (Å²) < 4.78 is 0. The molecular weight excluding hydrogens is 152 g/mol. The molecule has 3 nitrogen and oxygen atoms in total. The number of anilines is 2. The molecule has 1 aromatic rings. The zero-order valence-electron chi connectivity index (χ0n) is 6.79. The van der Waals surface area contributed by atoms with Gasteiger partial charge in [0.25, 0.3) is 0 Å². The van der Waals surface area contributed by atoms with Gasteiger partial charge in [0.05, 0.1) is 11.4 Å². The fourth-order valence-electron chi connectivity index (χ4n) is 1.26. The third kappa shape index (κ3) is 1.03. The first kappa shape index (κ1) is 7.16. The molecule has 1 heterocycles. The molecule has 0 unspecified atom stereocenters. The number of nitrogens with one attached hydrogen (secondary N) is 2. The first-order valence-corrected chi connectivity index (χ1v) is 3.94. The molecule has 62 valence electrons. The van der Waals surface area contributed by atoms with E-state index in [0.29, 0.717) is 0 Å². The highest BCUT2D eigenvalue weighted by Gasteiger charge is 2.19. The molecule has 1 aliphatic heterocycles. The van der Waals surface area contributed by atoms with E-state index in [2.05, 4.69) is 10.6 Å². The Kier molecular flexibility index (Phi) is 1.50. The van der Waals surface area contributed by atoms with E-state index in [1.54, 1.807) is 0 Å². The lowest BCUT2D eigenvalue weighted by atomic mass is 10.1. The molecule has 0 aromatic heterocycles. The second kappa shape index (κ2) is 2.52. The van der Waals surface area contributed by atoms with Crippen LogP contribution in [0.3, 0.4) is 0 Å². The third-order valence-corrected chi connectivity index (χ3v) is 1.95. The van der Waals surface area contributed by atoms with Crippen molar-refractivity contribution in [3.63, 3.8) is 0 Å². The van der Waals surface area contributed by atoms with Crippen LogP contribution in [-0.4, -0.2) is 11.9 Å². The van der Waals surface area contributed by atoms with E-state index in [1.807, 2.05) is 31.2 Å². The number of rotatable bonds is 0.